The average Bonchev–Trinajstić information content (AvgIpc) is 2.64. The molecule has 0 aliphatic rings. The maximum Gasteiger partial charge on any atom is 0.102 e. The Morgan fingerprint density at radius 3 is 1.71 bits per heavy atom. The van der Waals surface area contributed by atoms with E-state index in [0.717, 1.165) is 43.5 Å². The second-order valence-corrected chi connectivity index (χ2v) is 9.31. The molecule has 0 amide bonds. The second kappa shape index (κ2) is 17.6. The van der Waals surface area contributed by atoms with Gasteiger partial charge in [-0.25, -0.2) is 8.42 Å². The minimum atomic E-state index is -4.15. The van der Waals surface area contributed by atoms with Crippen LogP contribution in [0.3, 0.4) is 0 Å². The van der Waals surface area contributed by atoms with Crippen molar-refractivity contribution in [3.8, 4) is 0 Å². The molecule has 0 unspecified atom stereocenters. The summed E-state index contributed by atoms with van der Waals surface area (Å²) >= 11 is 0. The van der Waals surface area contributed by atoms with Gasteiger partial charge < -0.3 is 18.5 Å². The zero-order valence-electron chi connectivity index (χ0n) is 18.6. The molecule has 0 aromatic heterocycles. The van der Waals surface area contributed by atoms with Crippen molar-refractivity contribution in [2.24, 2.45) is 0 Å². The first-order chi connectivity index (χ1) is 13.4. The summed E-state index contributed by atoms with van der Waals surface area (Å²) in [4.78, 5) is 0. The van der Waals surface area contributed by atoms with Crippen LogP contribution in [0.25, 0.3) is 0 Å². The number of nitrogens with zero attached hydrogens (tertiary/aromatic N) is 1. The Morgan fingerprint density at radius 2 is 1.21 bits per heavy atom. The van der Waals surface area contributed by atoms with E-state index >= 15 is 0 Å². The van der Waals surface area contributed by atoms with Gasteiger partial charge in [-0.2, -0.15) is 0 Å². The molecular formula is C21H45NO5S. The fourth-order valence-electron chi connectivity index (χ4n) is 3.62. The van der Waals surface area contributed by atoms with Gasteiger partial charge in [0.05, 0.1) is 49.6 Å². The predicted molar refractivity (Wildman–Crippen MR) is 115 cm³/mol. The van der Waals surface area contributed by atoms with Crippen molar-refractivity contribution >= 4 is 10.1 Å². The Kier molecular flexibility index (Phi) is 17.5. The molecule has 0 radical (unpaired) electrons. The van der Waals surface area contributed by atoms with Gasteiger partial charge in [0.25, 0.3) is 0 Å². The monoisotopic (exact) mass is 423 g/mol. The van der Waals surface area contributed by atoms with Crippen LogP contribution in [0.15, 0.2) is 0 Å². The van der Waals surface area contributed by atoms with Gasteiger partial charge in [0.15, 0.2) is 0 Å². The molecule has 0 N–H and O–H groups in total. The van der Waals surface area contributed by atoms with Crippen molar-refractivity contribution in [1.82, 2.24) is 0 Å². The summed E-state index contributed by atoms with van der Waals surface area (Å²) in [5.41, 5.74) is 0. The van der Waals surface area contributed by atoms with Crippen LogP contribution in [0.1, 0.15) is 78.6 Å². The van der Waals surface area contributed by atoms with Crippen LogP contribution >= 0.6 is 0 Å². The SMILES string of the molecule is CCCCCC[N+](CCCCCC)(CCCS(=O)(=O)[O-])CCOCCOCC. The predicted octanol–water partition coefficient (Wildman–Crippen LogP) is 3.95. The quantitative estimate of drug-likeness (QED) is 0.159. The van der Waals surface area contributed by atoms with Crippen molar-refractivity contribution in [3.63, 3.8) is 0 Å². The van der Waals surface area contributed by atoms with E-state index in [1.165, 1.54) is 38.5 Å². The second-order valence-electron chi connectivity index (χ2n) is 7.78. The van der Waals surface area contributed by atoms with Crippen molar-refractivity contribution in [2.45, 2.75) is 78.6 Å². The molecule has 28 heavy (non-hydrogen) atoms. The van der Waals surface area contributed by atoms with E-state index in [2.05, 4.69) is 13.8 Å². The van der Waals surface area contributed by atoms with Gasteiger partial charge in [0.2, 0.25) is 0 Å². The zero-order valence-corrected chi connectivity index (χ0v) is 19.4. The molecule has 170 valence electrons. The molecule has 0 spiro atoms. The van der Waals surface area contributed by atoms with Gasteiger partial charge in [0.1, 0.15) is 6.54 Å². The van der Waals surface area contributed by atoms with Crippen molar-refractivity contribution in [1.29, 1.82) is 0 Å². The van der Waals surface area contributed by atoms with Crippen molar-refractivity contribution in [3.05, 3.63) is 0 Å². The topological polar surface area (TPSA) is 75.7 Å². The molecule has 0 saturated carbocycles. The maximum absolute atomic E-state index is 11.1. The van der Waals surface area contributed by atoms with Gasteiger partial charge >= 0.3 is 0 Å². The first-order valence-corrected chi connectivity index (χ1v) is 12.9. The van der Waals surface area contributed by atoms with E-state index in [1.54, 1.807) is 0 Å². The van der Waals surface area contributed by atoms with Gasteiger partial charge in [-0.3, -0.25) is 0 Å². The minimum absolute atomic E-state index is 0.262. The highest BCUT2D eigenvalue weighted by atomic mass is 32.2. The lowest BCUT2D eigenvalue weighted by Crippen LogP contribution is -2.52. The molecule has 0 heterocycles. The normalized spacial score (nSPS) is 12.6. The number of rotatable bonds is 21. The average molecular weight is 424 g/mol. The molecule has 0 atom stereocenters. The summed E-state index contributed by atoms with van der Waals surface area (Å²) in [6.45, 7) is 12.6. The number of hydrogen-bond acceptors (Lipinski definition) is 5. The fraction of sp³-hybridized carbons (Fsp3) is 1.00. The zero-order chi connectivity index (χ0) is 21.1. The van der Waals surface area contributed by atoms with E-state index in [0.29, 0.717) is 32.8 Å². The highest BCUT2D eigenvalue weighted by Crippen LogP contribution is 2.16. The summed E-state index contributed by atoms with van der Waals surface area (Å²) in [6.07, 6.45) is 10.00. The van der Waals surface area contributed by atoms with Crippen LogP contribution in [-0.4, -0.2) is 75.8 Å². The van der Waals surface area contributed by atoms with Gasteiger partial charge in [-0.15, -0.1) is 0 Å². The summed E-state index contributed by atoms with van der Waals surface area (Å²) in [6, 6.07) is 0. The molecule has 6 nitrogen and oxygen atoms in total. The van der Waals surface area contributed by atoms with E-state index < -0.39 is 10.1 Å². The fourth-order valence-corrected chi connectivity index (χ4v) is 4.10. The molecule has 0 aromatic carbocycles. The third kappa shape index (κ3) is 16.7. The number of quaternary nitrogens is 1. The Bertz CT molecular complexity index is 430. The maximum atomic E-state index is 11.1. The van der Waals surface area contributed by atoms with E-state index in [9.17, 15) is 13.0 Å². The lowest BCUT2D eigenvalue weighted by Gasteiger charge is -2.39. The van der Waals surface area contributed by atoms with Gasteiger partial charge in [-0.05, 0) is 32.6 Å². The number of ether oxygens (including phenoxy) is 2. The third-order valence-electron chi connectivity index (χ3n) is 5.28. The Balaban J connectivity index is 4.82. The van der Waals surface area contributed by atoms with Crippen LogP contribution in [0.2, 0.25) is 0 Å². The van der Waals surface area contributed by atoms with Gasteiger partial charge in [-0.1, -0.05) is 39.5 Å². The van der Waals surface area contributed by atoms with Crippen LogP contribution in [0, 0.1) is 0 Å². The highest BCUT2D eigenvalue weighted by Gasteiger charge is 2.26. The Labute approximate surface area is 174 Å². The smallest absolute Gasteiger partial charge is 0.102 e. The number of hydrogen-bond donors (Lipinski definition) is 0. The lowest BCUT2D eigenvalue weighted by molar-refractivity contribution is -0.929. The van der Waals surface area contributed by atoms with Gasteiger partial charge in [0, 0.05) is 18.8 Å². The summed E-state index contributed by atoms with van der Waals surface area (Å²) < 4.78 is 45.2. The molecule has 0 saturated heterocycles. The van der Waals surface area contributed by atoms with Crippen molar-refractivity contribution < 1.29 is 26.9 Å². The third-order valence-corrected chi connectivity index (χ3v) is 6.07. The molecule has 0 aliphatic heterocycles. The van der Waals surface area contributed by atoms with E-state index in [-0.39, 0.29) is 5.75 Å². The summed E-state index contributed by atoms with van der Waals surface area (Å²) in [7, 11) is -4.15. The first kappa shape index (κ1) is 27.8. The molecular weight excluding hydrogens is 378 g/mol. The van der Waals surface area contributed by atoms with Crippen LogP contribution in [0.4, 0.5) is 0 Å². The molecule has 0 bridgehead atoms. The standard InChI is InChI=1S/C21H45NO5S/c1-4-7-9-11-14-22(15-12-10-8-5-2,16-13-21-28(23,24)25)17-18-27-20-19-26-6-3/h4-21H2,1-3H3. The number of unbranched alkanes of at least 4 members (excludes halogenated alkanes) is 6. The molecule has 0 rings (SSSR count). The largest absolute Gasteiger partial charge is 0.748 e. The Hall–Kier alpha value is -0.210. The summed E-state index contributed by atoms with van der Waals surface area (Å²) in [5.74, 6) is -0.262. The highest BCUT2D eigenvalue weighted by molar-refractivity contribution is 7.85. The lowest BCUT2D eigenvalue weighted by atomic mass is 10.1. The first-order valence-electron chi connectivity index (χ1n) is 11.3. The van der Waals surface area contributed by atoms with Crippen molar-refractivity contribution in [2.75, 3.05) is 58.4 Å². The van der Waals surface area contributed by atoms with E-state index in [4.69, 9.17) is 9.47 Å². The molecule has 0 aliphatic carbocycles. The molecule has 0 fully saturated rings. The Morgan fingerprint density at radius 1 is 0.679 bits per heavy atom. The van der Waals surface area contributed by atoms with Crippen LogP contribution < -0.4 is 0 Å². The summed E-state index contributed by atoms with van der Waals surface area (Å²) in [5, 5.41) is 0. The van der Waals surface area contributed by atoms with E-state index in [1.807, 2.05) is 6.92 Å². The van der Waals surface area contributed by atoms with Crippen LogP contribution in [0.5, 0.6) is 0 Å². The molecule has 0 aromatic rings. The molecule has 7 heteroatoms. The minimum Gasteiger partial charge on any atom is -0.748 e. The van der Waals surface area contributed by atoms with Crippen LogP contribution in [-0.2, 0) is 19.6 Å².